The molecule has 236 valence electrons. The molecule has 0 aliphatic rings. The van der Waals surface area contributed by atoms with Gasteiger partial charge in [0.25, 0.3) is 0 Å². The van der Waals surface area contributed by atoms with Crippen LogP contribution in [0.5, 0.6) is 5.75 Å². The Labute approximate surface area is 271 Å². The average Bonchev–Trinajstić information content (AvgIpc) is 3.60. The molecule has 7 nitrogen and oxygen atoms in total. The van der Waals surface area contributed by atoms with Crippen LogP contribution in [0.3, 0.4) is 0 Å². The SMILES string of the molecule is CCOC(=O)c1[nH]c2c(-c3c(C(O)c4ccccc4)nn(C)c3CC)c(Cl)ccc2c1CCCOc1cccc2cc(F)ccc12. The van der Waals surface area contributed by atoms with Gasteiger partial charge in [0, 0.05) is 34.6 Å². The number of ether oxygens (including phenoxy) is 2. The van der Waals surface area contributed by atoms with Gasteiger partial charge in [-0.1, -0.05) is 67.1 Å². The summed E-state index contributed by atoms with van der Waals surface area (Å²) in [5.74, 6) is -0.0857. The summed E-state index contributed by atoms with van der Waals surface area (Å²) in [7, 11) is 1.86. The van der Waals surface area contributed by atoms with Crippen molar-refractivity contribution in [3.05, 3.63) is 118 Å². The molecule has 2 heterocycles. The second-order valence-corrected chi connectivity index (χ2v) is 11.5. The lowest BCUT2D eigenvalue weighted by Gasteiger charge is -2.14. The lowest BCUT2D eigenvalue weighted by molar-refractivity contribution is 0.0519. The van der Waals surface area contributed by atoms with Crippen LogP contribution >= 0.6 is 11.6 Å². The van der Waals surface area contributed by atoms with Crippen molar-refractivity contribution in [2.45, 2.75) is 39.2 Å². The first-order valence-electron chi connectivity index (χ1n) is 15.4. The molecule has 1 atom stereocenters. The van der Waals surface area contributed by atoms with Crippen molar-refractivity contribution in [3.63, 3.8) is 0 Å². The zero-order valence-electron chi connectivity index (χ0n) is 25.9. The van der Waals surface area contributed by atoms with Gasteiger partial charge in [-0.05, 0) is 73.0 Å². The Morgan fingerprint density at radius 2 is 1.80 bits per heavy atom. The van der Waals surface area contributed by atoms with E-state index in [1.54, 1.807) is 17.7 Å². The molecule has 9 heteroatoms. The number of fused-ring (bicyclic) bond motifs is 2. The Morgan fingerprint density at radius 1 is 1.02 bits per heavy atom. The number of esters is 1. The summed E-state index contributed by atoms with van der Waals surface area (Å²) in [6, 6.07) is 23.3. The zero-order valence-corrected chi connectivity index (χ0v) is 26.7. The van der Waals surface area contributed by atoms with Crippen LogP contribution in [0.25, 0.3) is 32.8 Å². The largest absolute Gasteiger partial charge is 0.493 e. The molecule has 0 saturated carbocycles. The van der Waals surface area contributed by atoms with E-state index in [2.05, 4.69) is 4.98 Å². The molecule has 0 radical (unpaired) electrons. The number of halogens is 2. The van der Waals surface area contributed by atoms with Crippen molar-refractivity contribution in [1.29, 1.82) is 0 Å². The predicted octanol–water partition coefficient (Wildman–Crippen LogP) is 8.35. The maximum Gasteiger partial charge on any atom is 0.355 e. The third kappa shape index (κ3) is 5.86. The number of benzene rings is 4. The Hall–Kier alpha value is -4.66. The topological polar surface area (TPSA) is 89.4 Å². The number of H-pyrrole nitrogens is 1. The van der Waals surface area contributed by atoms with Crippen molar-refractivity contribution in [3.8, 4) is 16.9 Å². The van der Waals surface area contributed by atoms with Gasteiger partial charge in [-0.25, -0.2) is 9.18 Å². The number of carbonyl (C=O) groups is 1. The molecular formula is C37H35ClFN3O4. The Bertz CT molecular complexity index is 2040. The Kier molecular flexibility index (Phi) is 9.10. The van der Waals surface area contributed by atoms with Gasteiger partial charge in [-0.15, -0.1) is 0 Å². The fourth-order valence-corrected chi connectivity index (χ4v) is 6.45. The van der Waals surface area contributed by atoms with E-state index in [0.717, 1.165) is 33.0 Å². The molecular weight excluding hydrogens is 605 g/mol. The maximum atomic E-state index is 13.8. The Morgan fingerprint density at radius 3 is 2.57 bits per heavy atom. The molecule has 2 N–H and O–H groups in total. The first-order valence-corrected chi connectivity index (χ1v) is 15.8. The zero-order chi connectivity index (χ0) is 32.4. The highest BCUT2D eigenvalue weighted by Crippen LogP contribution is 2.43. The molecule has 46 heavy (non-hydrogen) atoms. The van der Waals surface area contributed by atoms with Crippen LogP contribution in [0.4, 0.5) is 4.39 Å². The molecule has 0 aliphatic heterocycles. The highest BCUT2D eigenvalue weighted by atomic mass is 35.5. The third-order valence-electron chi connectivity index (χ3n) is 8.29. The molecule has 0 aliphatic carbocycles. The maximum absolute atomic E-state index is 13.8. The summed E-state index contributed by atoms with van der Waals surface area (Å²) in [6.07, 6.45) is 0.765. The highest BCUT2D eigenvalue weighted by Gasteiger charge is 2.29. The van der Waals surface area contributed by atoms with Gasteiger partial charge in [0.05, 0.1) is 23.8 Å². The van der Waals surface area contributed by atoms with Gasteiger partial charge in [-0.3, -0.25) is 4.68 Å². The van der Waals surface area contributed by atoms with Crippen molar-refractivity contribution in [2.75, 3.05) is 13.2 Å². The number of nitrogens with zero attached hydrogens (tertiary/aromatic N) is 2. The number of aryl methyl sites for hydroxylation is 2. The predicted molar refractivity (Wildman–Crippen MR) is 179 cm³/mol. The molecule has 6 rings (SSSR count). The fraction of sp³-hybridized carbons (Fsp3) is 0.243. The fourth-order valence-electron chi connectivity index (χ4n) is 6.20. The van der Waals surface area contributed by atoms with Crippen LogP contribution < -0.4 is 4.74 Å². The van der Waals surface area contributed by atoms with E-state index in [9.17, 15) is 14.3 Å². The van der Waals surface area contributed by atoms with E-state index in [0.29, 0.717) is 64.7 Å². The summed E-state index contributed by atoms with van der Waals surface area (Å²) in [4.78, 5) is 16.6. The first kappa shape index (κ1) is 31.3. The van der Waals surface area contributed by atoms with E-state index in [-0.39, 0.29) is 12.4 Å². The molecule has 0 bridgehead atoms. The molecule has 6 aromatic rings. The lowest BCUT2D eigenvalue weighted by atomic mass is 9.94. The molecule has 4 aromatic carbocycles. The number of nitrogens with one attached hydrogen (secondary N) is 1. The highest BCUT2D eigenvalue weighted by molar-refractivity contribution is 6.35. The first-order chi connectivity index (χ1) is 22.3. The van der Waals surface area contributed by atoms with Crippen LogP contribution in [-0.2, 0) is 24.6 Å². The summed E-state index contributed by atoms with van der Waals surface area (Å²) in [6.45, 7) is 4.40. The molecule has 0 fully saturated rings. The van der Waals surface area contributed by atoms with Gasteiger partial charge in [0.1, 0.15) is 29.1 Å². The molecule has 0 saturated heterocycles. The summed E-state index contributed by atoms with van der Waals surface area (Å²) < 4.78 is 27.1. The van der Waals surface area contributed by atoms with Gasteiger partial charge >= 0.3 is 5.97 Å². The van der Waals surface area contributed by atoms with Crippen LogP contribution in [-0.4, -0.2) is 39.1 Å². The number of aromatic amines is 1. The second kappa shape index (κ2) is 13.4. The summed E-state index contributed by atoms with van der Waals surface area (Å²) in [5, 5.41) is 19.2. The lowest BCUT2D eigenvalue weighted by Crippen LogP contribution is -2.09. The quantitative estimate of drug-likeness (QED) is 0.110. The number of carbonyl (C=O) groups excluding carboxylic acids is 1. The van der Waals surface area contributed by atoms with Gasteiger partial charge in [-0.2, -0.15) is 5.10 Å². The third-order valence-corrected chi connectivity index (χ3v) is 8.61. The van der Waals surface area contributed by atoms with Gasteiger partial charge in [0.15, 0.2) is 0 Å². The minimum atomic E-state index is -0.990. The van der Waals surface area contributed by atoms with Crippen LogP contribution in [0, 0.1) is 5.82 Å². The van der Waals surface area contributed by atoms with Crippen LogP contribution in [0.1, 0.15) is 59.4 Å². The minimum Gasteiger partial charge on any atom is -0.493 e. The van der Waals surface area contributed by atoms with E-state index in [1.165, 1.54) is 12.1 Å². The van der Waals surface area contributed by atoms with Crippen molar-refractivity contribution in [1.82, 2.24) is 14.8 Å². The van der Waals surface area contributed by atoms with Crippen LogP contribution in [0.15, 0.2) is 78.9 Å². The van der Waals surface area contributed by atoms with Crippen molar-refractivity contribution in [2.24, 2.45) is 7.05 Å². The molecule has 0 amide bonds. The number of aliphatic hydroxyl groups excluding tert-OH is 1. The molecule has 0 spiro atoms. The molecule has 2 aromatic heterocycles. The number of hydrogen-bond donors (Lipinski definition) is 2. The monoisotopic (exact) mass is 639 g/mol. The van der Waals surface area contributed by atoms with Crippen molar-refractivity contribution >= 4 is 39.2 Å². The summed E-state index contributed by atoms with van der Waals surface area (Å²) in [5.41, 5.74) is 5.32. The number of aliphatic hydroxyl groups is 1. The van der Waals surface area contributed by atoms with E-state index in [4.69, 9.17) is 26.2 Å². The summed E-state index contributed by atoms with van der Waals surface area (Å²) >= 11 is 6.95. The number of hydrogen-bond acceptors (Lipinski definition) is 5. The molecule has 1 unspecified atom stereocenters. The van der Waals surface area contributed by atoms with E-state index >= 15 is 0 Å². The van der Waals surface area contributed by atoms with Gasteiger partial charge in [0.2, 0.25) is 0 Å². The Balaban J connectivity index is 1.40. The van der Waals surface area contributed by atoms with E-state index in [1.807, 2.05) is 74.6 Å². The normalized spacial score (nSPS) is 12.1. The number of rotatable bonds is 11. The minimum absolute atomic E-state index is 0.224. The smallest absolute Gasteiger partial charge is 0.355 e. The van der Waals surface area contributed by atoms with Crippen molar-refractivity contribution < 1.29 is 23.8 Å². The van der Waals surface area contributed by atoms with E-state index < -0.39 is 12.1 Å². The van der Waals surface area contributed by atoms with Crippen LogP contribution in [0.2, 0.25) is 5.02 Å². The van der Waals surface area contributed by atoms with Gasteiger partial charge < -0.3 is 19.6 Å². The standard InChI is InChI=1S/C37H35ClFN3O4/c1-4-29-32(35(41-42(29)3)36(43)22-11-7-6-8-12-22)31-28(38)19-18-27-26(34(40-33(27)31)37(44)45-5-2)14-10-20-46-30-15-9-13-23-21-24(39)16-17-25(23)30/h6-9,11-13,15-19,21,36,40,43H,4-5,10,14,20H2,1-3H3. The number of aromatic nitrogens is 3. The average molecular weight is 640 g/mol. The second-order valence-electron chi connectivity index (χ2n) is 11.1.